The van der Waals surface area contributed by atoms with Crippen molar-refractivity contribution in [2.75, 3.05) is 12.3 Å². The standard InChI is InChI=1S/C9H9ClFNO/c10-6-4-7(11)8(12)9-5(6)2-1-3-13-9/h4H,1-3,12H2. The van der Waals surface area contributed by atoms with Crippen LogP contribution in [0.15, 0.2) is 6.07 Å². The molecule has 2 rings (SSSR count). The Labute approximate surface area is 80.4 Å². The normalized spacial score (nSPS) is 14.9. The quantitative estimate of drug-likeness (QED) is 0.655. The number of fused-ring (bicyclic) bond motifs is 1. The van der Waals surface area contributed by atoms with Crippen molar-refractivity contribution in [1.29, 1.82) is 0 Å². The minimum Gasteiger partial charge on any atom is -0.491 e. The number of ether oxygens (including phenoxy) is 1. The van der Waals surface area contributed by atoms with E-state index in [0.29, 0.717) is 17.4 Å². The zero-order chi connectivity index (χ0) is 9.42. The molecule has 1 heterocycles. The van der Waals surface area contributed by atoms with Crippen LogP contribution in [0, 0.1) is 5.82 Å². The molecular formula is C9H9ClFNO. The molecule has 0 bridgehead atoms. The first-order valence-electron chi connectivity index (χ1n) is 4.09. The number of halogens is 2. The maximum atomic E-state index is 13.1. The van der Waals surface area contributed by atoms with Crippen LogP contribution in [-0.2, 0) is 6.42 Å². The number of hydrogen-bond acceptors (Lipinski definition) is 2. The fraction of sp³-hybridized carbons (Fsp3) is 0.333. The smallest absolute Gasteiger partial charge is 0.151 e. The lowest BCUT2D eigenvalue weighted by atomic mass is 10.1. The Kier molecular flexibility index (Phi) is 2.04. The summed E-state index contributed by atoms with van der Waals surface area (Å²) in [5.74, 6) is -0.0816. The third-order valence-corrected chi connectivity index (χ3v) is 2.47. The van der Waals surface area contributed by atoms with Crippen LogP contribution in [-0.4, -0.2) is 6.61 Å². The van der Waals surface area contributed by atoms with Gasteiger partial charge < -0.3 is 10.5 Å². The Morgan fingerprint density at radius 1 is 1.54 bits per heavy atom. The van der Waals surface area contributed by atoms with Crippen molar-refractivity contribution in [3.05, 3.63) is 22.5 Å². The van der Waals surface area contributed by atoms with Gasteiger partial charge in [0, 0.05) is 5.56 Å². The Hall–Kier alpha value is -0.960. The summed E-state index contributed by atoms with van der Waals surface area (Å²) in [6.07, 6.45) is 1.70. The highest BCUT2D eigenvalue weighted by Crippen LogP contribution is 2.37. The Morgan fingerprint density at radius 2 is 2.31 bits per heavy atom. The summed E-state index contributed by atoms with van der Waals surface area (Å²) in [5.41, 5.74) is 6.41. The maximum absolute atomic E-state index is 13.1. The first-order valence-corrected chi connectivity index (χ1v) is 4.47. The Bertz CT molecular complexity index is 354. The van der Waals surface area contributed by atoms with Gasteiger partial charge in [0.05, 0.1) is 11.6 Å². The highest BCUT2D eigenvalue weighted by atomic mass is 35.5. The highest BCUT2D eigenvalue weighted by Gasteiger charge is 2.19. The molecule has 13 heavy (non-hydrogen) atoms. The van der Waals surface area contributed by atoms with E-state index in [1.54, 1.807) is 0 Å². The van der Waals surface area contributed by atoms with Gasteiger partial charge in [0.15, 0.2) is 5.82 Å². The molecule has 1 aliphatic rings. The maximum Gasteiger partial charge on any atom is 0.151 e. The van der Waals surface area contributed by atoms with Crippen LogP contribution in [0.2, 0.25) is 5.02 Å². The van der Waals surface area contributed by atoms with Gasteiger partial charge in [-0.05, 0) is 18.9 Å². The second kappa shape index (κ2) is 3.07. The molecule has 1 aromatic carbocycles. The number of nitrogens with two attached hydrogens (primary N) is 1. The van der Waals surface area contributed by atoms with Crippen molar-refractivity contribution in [3.63, 3.8) is 0 Å². The summed E-state index contributed by atoms with van der Waals surface area (Å²) in [6.45, 7) is 0.580. The summed E-state index contributed by atoms with van der Waals surface area (Å²) in [5, 5.41) is 0.404. The molecule has 1 aliphatic heterocycles. The summed E-state index contributed by atoms with van der Waals surface area (Å²) in [4.78, 5) is 0. The molecule has 0 atom stereocenters. The monoisotopic (exact) mass is 201 g/mol. The van der Waals surface area contributed by atoms with Gasteiger partial charge in [0.25, 0.3) is 0 Å². The topological polar surface area (TPSA) is 35.2 Å². The second-order valence-corrected chi connectivity index (χ2v) is 3.42. The minimum absolute atomic E-state index is 0.0686. The number of hydrogen-bond donors (Lipinski definition) is 1. The summed E-state index contributed by atoms with van der Waals surface area (Å²) in [6, 6.07) is 1.24. The van der Waals surface area contributed by atoms with E-state index in [1.165, 1.54) is 6.07 Å². The third kappa shape index (κ3) is 1.33. The van der Waals surface area contributed by atoms with E-state index in [2.05, 4.69) is 0 Å². The average molecular weight is 202 g/mol. The van der Waals surface area contributed by atoms with E-state index >= 15 is 0 Å². The average Bonchev–Trinajstić information content (AvgIpc) is 2.15. The van der Waals surface area contributed by atoms with Crippen LogP contribution in [0.5, 0.6) is 5.75 Å². The van der Waals surface area contributed by atoms with Crippen molar-refractivity contribution in [1.82, 2.24) is 0 Å². The molecule has 0 aliphatic carbocycles. The van der Waals surface area contributed by atoms with Gasteiger partial charge in [-0.25, -0.2) is 4.39 Å². The third-order valence-electron chi connectivity index (χ3n) is 2.14. The van der Waals surface area contributed by atoms with Crippen molar-refractivity contribution in [2.45, 2.75) is 12.8 Å². The first kappa shape index (κ1) is 8.63. The van der Waals surface area contributed by atoms with Crippen LogP contribution < -0.4 is 10.5 Å². The molecule has 1 aromatic rings. The van der Waals surface area contributed by atoms with Gasteiger partial charge in [-0.1, -0.05) is 11.6 Å². The van der Waals surface area contributed by atoms with E-state index in [9.17, 15) is 4.39 Å². The summed E-state index contributed by atoms with van der Waals surface area (Å²) < 4.78 is 18.3. The molecule has 0 saturated carbocycles. The van der Waals surface area contributed by atoms with Crippen LogP contribution in [0.4, 0.5) is 10.1 Å². The molecule has 4 heteroatoms. The van der Waals surface area contributed by atoms with Crippen LogP contribution in [0.3, 0.4) is 0 Å². The zero-order valence-corrected chi connectivity index (χ0v) is 7.70. The molecule has 0 saturated heterocycles. The molecule has 0 amide bonds. The molecule has 0 unspecified atom stereocenters. The van der Waals surface area contributed by atoms with Crippen LogP contribution in [0.1, 0.15) is 12.0 Å². The lowest BCUT2D eigenvalue weighted by molar-refractivity contribution is 0.289. The van der Waals surface area contributed by atoms with Gasteiger partial charge in [0.1, 0.15) is 11.4 Å². The second-order valence-electron chi connectivity index (χ2n) is 3.01. The molecule has 70 valence electrons. The molecule has 0 aromatic heterocycles. The SMILES string of the molecule is Nc1c(F)cc(Cl)c2c1OCCC2. The lowest BCUT2D eigenvalue weighted by Crippen LogP contribution is -2.11. The molecule has 2 N–H and O–H groups in total. The lowest BCUT2D eigenvalue weighted by Gasteiger charge is -2.20. The zero-order valence-electron chi connectivity index (χ0n) is 6.94. The van der Waals surface area contributed by atoms with Crippen LogP contribution >= 0.6 is 11.6 Å². The number of rotatable bonds is 0. The minimum atomic E-state index is -0.509. The van der Waals surface area contributed by atoms with Gasteiger partial charge in [-0.2, -0.15) is 0 Å². The van der Waals surface area contributed by atoms with E-state index in [1.807, 2.05) is 0 Å². The fourth-order valence-corrected chi connectivity index (χ4v) is 1.75. The van der Waals surface area contributed by atoms with E-state index in [4.69, 9.17) is 22.1 Å². The number of anilines is 1. The predicted octanol–water partition coefficient (Wildman–Crippen LogP) is 2.39. The largest absolute Gasteiger partial charge is 0.491 e. The van der Waals surface area contributed by atoms with Crippen molar-refractivity contribution < 1.29 is 9.13 Å². The molecule has 0 spiro atoms. The first-order chi connectivity index (χ1) is 6.20. The fourth-order valence-electron chi connectivity index (χ4n) is 1.48. The molecule has 0 fully saturated rings. The van der Waals surface area contributed by atoms with E-state index < -0.39 is 5.82 Å². The predicted molar refractivity (Wildman–Crippen MR) is 49.6 cm³/mol. The molecule has 0 radical (unpaired) electrons. The van der Waals surface area contributed by atoms with E-state index in [-0.39, 0.29) is 5.69 Å². The van der Waals surface area contributed by atoms with Gasteiger partial charge in [-0.3, -0.25) is 0 Å². The number of benzene rings is 1. The molecule has 2 nitrogen and oxygen atoms in total. The van der Waals surface area contributed by atoms with Crippen LogP contribution in [0.25, 0.3) is 0 Å². The highest BCUT2D eigenvalue weighted by molar-refractivity contribution is 6.31. The number of nitrogen functional groups attached to an aromatic ring is 1. The Balaban J connectivity index is 2.63. The summed E-state index contributed by atoms with van der Waals surface area (Å²) in [7, 11) is 0. The van der Waals surface area contributed by atoms with Crippen molar-refractivity contribution in [3.8, 4) is 5.75 Å². The van der Waals surface area contributed by atoms with Crippen molar-refractivity contribution >= 4 is 17.3 Å². The van der Waals surface area contributed by atoms with Gasteiger partial charge in [-0.15, -0.1) is 0 Å². The molecular weight excluding hydrogens is 193 g/mol. The Morgan fingerprint density at radius 3 is 3.08 bits per heavy atom. The van der Waals surface area contributed by atoms with Crippen molar-refractivity contribution in [2.24, 2.45) is 0 Å². The summed E-state index contributed by atoms with van der Waals surface area (Å²) >= 11 is 5.84. The van der Waals surface area contributed by atoms with Gasteiger partial charge in [0.2, 0.25) is 0 Å². The van der Waals surface area contributed by atoms with Gasteiger partial charge >= 0.3 is 0 Å². The van der Waals surface area contributed by atoms with E-state index in [0.717, 1.165) is 18.4 Å².